The van der Waals surface area contributed by atoms with Crippen LogP contribution in [0.4, 0.5) is 0 Å². The summed E-state index contributed by atoms with van der Waals surface area (Å²) in [7, 11) is 0. The molecule has 6 heteroatoms. The van der Waals surface area contributed by atoms with Crippen molar-refractivity contribution in [2.24, 2.45) is 10.7 Å². The number of benzene rings is 1. The van der Waals surface area contributed by atoms with Gasteiger partial charge in [-0.1, -0.05) is 29.8 Å². The molecule has 2 aliphatic rings. The largest absolute Gasteiger partial charge is 0.381 e. The molecule has 2 fully saturated rings. The highest BCUT2D eigenvalue weighted by molar-refractivity contribution is 7.99. The van der Waals surface area contributed by atoms with E-state index in [1.165, 1.54) is 5.56 Å². The number of thioether (sulfide) groups is 1. The second kappa shape index (κ2) is 7.77. The highest BCUT2D eigenvalue weighted by atomic mass is 35.5. The molecular formula is C17H24ClN3OS. The number of nitrogens with two attached hydrogens (primary N) is 1. The summed E-state index contributed by atoms with van der Waals surface area (Å²) in [5.74, 6) is 2.92. The Morgan fingerprint density at radius 1 is 1.26 bits per heavy atom. The number of hydrogen-bond donors (Lipinski definition) is 1. The Morgan fingerprint density at radius 3 is 2.65 bits per heavy atom. The molecule has 23 heavy (non-hydrogen) atoms. The molecule has 2 saturated heterocycles. The van der Waals surface area contributed by atoms with Gasteiger partial charge in [-0.25, -0.2) is 0 Å². The summed E-state index contributed by atoms with van der Waals surface area (Å²) in [6.07, 6.45) is 1.87. The lowest BCUT2D eigenvalue weighted by Crippen LogP contribution is -2.44. The van der Waals surface area contributed by atoms with Crippen molar-refractivity contribution in [2.75, 3.05) is 44.4 Å². The summed E-state index contributed by atoms with van der Waals surface area (Å²) in [6, 6.07) is 8.11. The zero-order chi connectivity index (χ0) is 16.1. The summed E-state index contributed by atoms with van der Waals surface area (Å²) in [5.41, 5.74) is 7.36. The maximum Gasteiger partial charge on any atom is 0.191 e. The van der Waals surface area contributed by atoms with Gasteiger partial charge < -0.3 is 15.4 Å². The molecule has 0 spiro atoms. The van der Waals surface area contributed by atoms with Gasteiger partial charge >= 0.3 is 0 Å². The van der Waals surface area contributed by atoms with Crippen molar-refractivity contribution in [1.82, 2.24) is 4.90 Å². The predicted molar refractivity (Wildman–Crippen MR) is 98.6 cm³/mol. The van der Waals surface area contributed by atoms with Gasteiger partial charge in [0.1, 0.15) is 0 Å². The SMILES string of the molecule is NC(=NCC1(c2ccccc2Cl)CCOCC1)N1CCSCC1. The van der Waals surface area contributed by atoms with Crippen LogP contribution in [0.3, 0.4) is 0 Å². The van der Waals surface area contributed by atoms with E-state index in [1.54, 1.807) is 0 Å². The maximum atomic E-state index is 6.48. The van der Waals surface area contributed by atoms with Gasteiger partial charge in [0.25, 0.3) is 0 Å². The van der Waals surface area contributed by atoms with Crippen molar-refractivity contribution in [1.29, 1.82) is 0 Å². The van der Waals surface area contributed by atoms with Crippen LogP contribution in [0.2, 0.25) is 5.02 Å². The molecule has 1 aromatic rings. The first-order chi connectivity index (χ1) is 11.2. The normalized spacial score (nSPS) is 22.1. The molecule has 2 heterocycles. The summed E-state index contributed by atoms with van der Waals surface area (Å²) < 4.78 is 5.57. The van der Waals surface area contributed by atoms with E-state index < -0.39 is 0 Å². The molecule has 0 aromatic heterocycles. The number of aliphatic imine (C=N–C) groups is 1. The van der Waals surface area contributed by atoms with E-state index in [4.69, 9.17) is 27.1 Å². The lowest BCUT2D eigenvalue weighted by atomic mass is 9.74. The fraction of sp³-hybridized carbons (Fsp3) is 0.588. The van der Waals surface area contributed by atoms with E-state index in [2.05, 4.69) is 11.0 Å². The lowest BCUT2D eigenvalue weighted by Gasteiger charge is -2.37. The number of guanidine groups is 1. The minimum absolute atomic E-state index is 0.0637. The molecule has 0 unspecified atom stereocenters. The Hall–Kier alpha value is -0.910. The molecule has 0 radical (unpaired) electrons. The zero-order valence-corrected chi connectivity index (χ0v) is 14.9. The minimum atomic E-state index is -0.0637. The molecule has 0 bridgehead atoms. The van der Waals surface area contributed by atoms with Crippen LogP contribution in [0, 0.1) is 0 Å². The predicted octanol–water partition coefficient (Wildman–Crippen LogP) is 2.75. The van der Waals surface area contributed by atoms with Gasteiger partial charge in [0.15, 0.2) is 5.96 Å². The lowest BCUT2D eigenvalue weighted by molar-refractivity contribution is 0.0531. The number of halogens is 1. The number of nitrogens with zero attached hydrogens (tertiary/aromatic N) is 2. The zero-order valence-electron chi connectivity index (χ0n) is 13.3. The van der Waals surface area contributed by atoms with Crippen molar-refractivity contribution in [3.63, 3.8) is 0 Å². The van der Waals surface area contributed by atoms with Crippen LogP contribution in [-0.2, 0) is 10.2 Å². The Morgan fingerprint density at radius 2 is 1.96 bits per heavy atom. The topological polar surface area (TPSA) is 50.9 Å². The van der Waals surface area contributed by atoms with E-state index in [0.29, 0.717) is 12.5 Å². The van der Waals surface area contributed by atoms with Crippen LogP contribution >= 0.6 is 23.4 Å². The molecule has 126 valence electrons. The van der Waals surface area contributed by atoms with Crippen LogP contribution < -0.4 is 5.73 Å². The molecule has 0 aliphatic carbocycles. The van der Waals surface area contributed by atoms with Crippen molar-refractivity contribution >= 4 is 29.3 Å². The Balaban J connectivity index is 1.81. The molecule has 0 amide bonds. The molecule has 2 N–H and O–H groups in total. The van der Waals surface area contributed by atoms with Crippen LogP contribution in [0.15, 0.2) is 29.3 Å². The highest BCUT2D eigenvalue weighted by Crippen LogP contribution is 2.38. The highest BCUT2D eigenvalue weighted by Gasteiger charge is 2.36. The first-order valence-electron chi connectivity index (χ1n) is 8.17. The summed E-state index contributed by atoms with van der Waals surface area (Å²) in [4.78, 5) is 6.95. The Kier molecular flexibility index (Phi) is 5.72. The fourth-order valence-corrected chi connectivity index (χ4v) is 4.53. The van der Waals surface area contributed by atoms with Gasteiger partial charge in [-0.3, -0.25) is 4.99 Å². The molecule has 1 aromatic carbocycles. The van der Waals surface area contributed by atoms with E-state index in [9.17, 15) is 0 Å². The first kappa shape index (κ1) is 16.9. The Labute approximate surface area is 147 Å². The van der Waals surface area contributed by atoms with Crippen LogP contribution in [0.25, 0.3) is 0 Å². The number of ether oxygens (including phenoxy) is 1. The summed E-state index contributed by atoms with van der Waals surface area (Å²) >= 11 is 8.45. The van der Waals surface area contributed by atoms with Gasteiger partial charge in [-0.15, -0.1) is 0 Å². The summed E-state index contributed by atoms with van der Waals surface area (Å²) in [5, 5.41) is 0.817. The fourth-order valence-electron chi connectivity index (χ4n) is 3.29. The quantitative estimate of drug-likeness (QED) is 0.670. The maximum absolute atomic E-state index is 6.48. The van der Waals surface area contributed by atoms with Gasteiger partial charge in [0.05, 0.1) is 6.54 Å². The second-order valence-electron chi connectivity index (χ2n) is 6.15. The van der Waals surface area contributed by atoms with E-state index >= 15 is 0 Å². The third-order valence-corrected chi connectivity index (χ3v) is 6.05. The van der Waals surface area contributed by atoms with Crippen molar-refractivity contribution in [3.05, 3.63) is 34.9 Å². The Bertz CT molecular complexity index is 555. The monoisotopic (exact) mass is 353 g/mol. The smallest absolute Gasteiger partial charge is 0.191 e. The standard InChI is InChI=1S/C17H24ClN3OS/c18-15-4-2-1-3-14(15)17(5-9-22-10-6-17)13-20-16(19)21-7-11-23-12-8-21/h1-4H,5-13H2,(H2,19,20). The van der Waals surface area contributed by atoms with E-state index in [-0.39, 0.29) is 5.41 Å². The van der Waals surface area contributed by atoms with Gasteiger partial charge in [0.2, 0.25) is 0 Å². The van der Waals surface area contributed by atoms with Crippen LogP contribution in [0.1, 0.15) is 18.4 Å². The molecular weight excluding hydrogens is 330 g/mol. The molecule has 2 aliphatic heterocycles. The van der Waals surface area contributed by atoms with Crippen molar-refractivity contribution < 1.29 is 4.74 Å². The van der Waals surface area contributed by atoms with Crippen LogP contribution in [-0.4, -0.2) is 55.2 Å². The third-order valence-electron chi connectivity index (χ3n) is 4.77. The number of hydrogen-bond acceptors (Lipinski definition) is 3. The minimum Gasteiger partial charge on any atom is -0.381 e. The summed E-state index contributed by atoms with van der Waals surface area (Å²) in [6.45, 7) is 4.15. The van der Waals surface area contributed by atoms with Gasteiger partial charge in [-0.2, -0.15) is 11.8 Å². The molecule has 0 saturated carbocycles. The molecule has 3 rings (SSSR count). The third kappa shape index (κ3) is 3.95. The molecule has 0 atom stereocenters. The van der Waals surface area contributed by atoms with Crippen LogP contribution in [0.5, 0.6) is 0 Å². The molecule has 4 nitrogen and oxygen atoms in total. The first-order valence-corrected chi connectivity index (χ1v) is 9.70. The van der Waals surface area contributed by atoms with Crippen molar-refractivity contribution in [3.8, 4) is 0 Å². The average molecular weight is 354 g/mol. The number of rotatable bonds is 3. The van der Waals surface area contributed by atoms with Crippen molar-refractivity contribution in [2.45, 2.75) is 18.3 Å². The van der Waals surface area contributed by atoms with E-state index in [1.807, 2.05) is 30.0 Å². The van der Waals surface area contributed by atoms with E-state index in [0.717, 1.165) is 55.7 Å². The van der Waals surface area contributed by atoms with Gasteiger partial charge in [0, 0.05) is 48.2 Å². The van der Waals surface area contributed by atoms with Gasteiger partial charge in [-0.05, 0) is 24.5 Å². The second-order valence-corrected chi connectivity index (χ2v) is 7.78. The average Bonchev–Trinajstić information content (AvgIpc) is 2.61.